The minimum absolute atomic E-state index is 0.104. The first-order valence-electron chi connectivity index (χ1n) is 19.0. The monoisotopic (exact) mass is 698 g/mol. The van der Waals surface area contributed by atoms with Crippen molar-refractivity contribution in [1.82, 2.24) is 0 Å². The number of unbranched alkanes of at least 4 members (excludes halogenated alkanes) is 17. The van der Waals surface area contributed by atoms with Crippen molar-refractivity contribution < 1.29 is 28.6 Å². The van der Waals surface area contributed by atoms with Crippen LogP contribution in [0.15, 0.2) is 24.8 Å². The quantitative estimate of drug-likeness (QED) is 0.0225. The molecule has 0 radical (unpaired) electrons. The molecule has 0 aliphatic rings. The van der Waals surface area contributed by atoms with E-state index in [-0.39, 0.29) is 42.8 Å². The summed E-state index contributed by atoms with van der Waals surface area (Å²) in [5.41, 5.74) is 0. The highest BCUT2D eigenvalue weighted by molar-refractivity contribution is 7.81. The molecule has 0 spiro atoms. The van der Waals surface area contributed by atoms with Gasteiger partial charge in [-0.1, -0.05) is 102 Å². The highest BCUT2D eigenvalue weighted by Crippen LogP contribution is 2.15. The van der Waals surface area contributed by atoms with Gasteiger partial charge in [0.05, 0.1) is 0 Å². The van der Waals surface area contributed by atoms with Crippen LogP contribution in [0, 0.1) is 0 Å². The van der Waals surface area contributed by atoms with E-state index in [1.807, 2.05) is 6.08 Å². The van der Waals surface area contributed by atoms with Crippen LogP contribution in [-0.4, -0.2) is 48.2 Å². The molecule has 0 aromatic heterocycles. The van der Waals surface area contributed by atoms with Crippen LogP contribution in [0.5, 0.6) is 0 Å². The molecule has 0 rings (SSSR count). The third-order valence-electron chi connectivity index (χ3n) is 8.22. The van der Waals surface area contributed by atoms with Crippen molar-refractivity contribution in [3.63, 3.8) is 0 Å². The van der Waals surface area contributed by atoms with Gasteiger partial charge >= 0.3 is 17.9 Å². The minimum Gasteiger partial charge on any atom is -0.462 e. The summed E-state index contributed by atoms with van der Waals surface area (Å²) in [6.45, 7) is 5.78. The summed E-state index contributed by atoms with van der Waals surface area (Å²) in [7, 11) is 0. The van der Waals surface area contributed by atoms with Gasteiger partial charge in [-0.15, -0.1) is 6.58 Å². The van der Waals surface area contributed by atoms with E-state index in [0.717, 1.165) is 89.2 Å². The minimum atomic E-state index is -0.801. The summed E-state index contributed by atoms with van der Waals surface area (Å²) < 4.78 is 16.4. The summed E-state index contributed by atoms with van der Waals surface area (Å²) in [4.78, 5) is 37.2. The first-order valence-corrected chi connectivity index (χ1v) is 20.1. The standard InChI is InChI=1S/C39H70O6S2/c1-3-5-7-9-11-12-13-14-15-16-17-18-20-22-24-29-38(41)44-34-35(45-39(42)30-26-25-27-36(47)31-32-46)33-43-37(40)28-23-21-19-10-8-6-4-2/h4,14-15,35-36,46-47H,2-3,5-13,16-34H2,1H3/b15-14+. The molecule has 0 heterocycles. The van der Waals surface area contributed by atoms with Gasteiger partial charge in [0.15, 0.2) is 6.10 Å². The van der Waals surface area contributed by atoms with Crippen molar-refractivity contribution in [2.45, 2.75) is 185 Å². The number of carbonyl (C=O) groups excluding carboxylic acids is 3. The molecule has 0 saturated heterocycles. The van der Waals surface area contributed by atoms with Gasteiger partial charge < -0.3 is 14.2 Å². The summed E-state index contributed by atoms with van der Waals surface area (Å²) in [5, 5.41) is 0.281. The number of hydrogen-bond acceptors (Lipinski definition) is 8. The molecule has 0 aliphatic heterocycles. The molecule has 2 atom stereocenters. The van der Waals surface area contributed by atoms with Crippen molar-refractivity contribution in [3.8, 4) is 0 Å². The summed E-state index contributed by atoms with van der Waals surface area (Å²) in [5.74, 6) is -0.206. The van der Waals surface area contributed by atoms with Crippen molar-refractivity contribution in [2.75, 3.05) is 19.0 Å². The number of allylic oxidation sites excluding steroid dienone is 3. The van der Waals surface area contributed by atoms with Crippen molar-refractivity contribution in [1.29, 1.82) is 0 Å². The SMILES string of the molecule is C=CCCCCCCCC(=O)OCC(COC(=O)CCCCCCC/C=C/CCCCCCCC)OC(=O)CCCCC(S)CCS. The van der Waals surface area contributed by atoms with E-state index in [2.05, 4.69) is 50.9 Å². The lowest BCUT2D eigenvalue weighted by Gasteiger charge is -2.18. The molecule has 0 aromatic carbocycles. The first-order chi connectivity index (χ1) is 22.9. The number of hydrogen-bond donors (Lipinski definition) is 2. The number of carbonyl (C=O) groups is 3. The van der Waals surface area contributed by atoms with Crippen molar-refractivity contribution in [2.24, 2.45) is 0 Å². The zero-order valence-corrected chi connectivity index (χ0v) is 31.7. The highest BCUT2D eigenvalue weighted by Gasteiger charge is 2.19. The Morgan fingerprint density at radius 3 is 1.55 bits per heavy atom. The third-order valence-corrected chi connectivity index (χ3v) is 9.00. The normalized spacial score (nSPS) is 12.6. The predicted octanol–water partition coefficient (Wildman–Crippen LogP) is 11.1. The summed E-state index contributed by atoms with van der Waals surface area (Å²) in [6.07, 6.45) is 31.8. The van der Waals surface area contributed by atoms with E-state index in [1.54, 1.807) is 0 Å². The lowest BCUT2D eigenvalue weighted by atomic mass is 10.1. The number of esters is 3. The zero-order valence-electron chi connectivity index (χ0n) is 29.9. The summed E-state index contributed by atoms with van der Waals surface area (Å²) >= 11 is 8.78. The molecular formula is C39H70O6S2. The van der Waals surface area contributed by atoms with Crippen LogP contribution in [0.1, 0.15) is 174 Å². The Hall–Kier alpha value is -1.41. The van der Waals surface area contributed by atoms with E-state index >= 15 is 0 Å². The van der Waals surface area contributed by atoms with Crippen LogP contribution < -0.4 is 0 Å². The lowest BCUT2D eigenvalue weighted by molar-refractivity contribution is -0.167. The Bertz CT molecular complexity index is 787. The van der Waals surface area contributed by atoms with Gasteiger partial charge in [-0.2, -0.15) is 25.3 Å². The number of rotatable bonds is 35. The van der Waals surface area contributed by atoms with Crippen LogP contribution >= 0.6 is 25.3 Å². The predicted molar refractivity (Wildman–Crippen MR) is 203 cm³/mol. The van der Waals surface area contributed by atoms with Gasteiger partial charge in [0.25, 0.3) is 0 Å². The van der Waals surface area contributed by atoms with E-state index in [1.165, 1.54) is 57.8 Å². The third kappa shape index (κ3) is 34.3. The molecule has 8 heteroatoms. The average molecular weight is 699 g/mol. The molecule has 0 amide bonds. The van der Waals surface area contributed by atoms with Gasteiger partial charge in [-0.3, -0.25) is 14.4 Å². The molecule has 0 N–H and O–H groups in total. The van der Waals surface area contributed by atoms with Gasteiger partial charge in [0.1, 0.15) is 13.2 Å². The summed E-state index contributed by atoms with van der Waals surface area (Å²) in [6, 6.07) is 0. The molecule has 0 aromatic rings. The fourth-order valence-corrected chi connectivity index (χ4v) is 6.08. The van der Waals surface area contributed by atoms with Crippen LogP contribution in [-0.2, 0) is 28.6 Å². The molecule has 2 unspecified atom stereocenters. The molecule has 274 valence electrons. The van der Waals surface area contributed by atoms with Gasteiger partial charge in [-0.25, -0.2) is 0 Å². The van der Waals surface area contributed by atoms with E-state index in [0.29, 0.717) is 19.3 Å². The Kier molecular flexibility index (Phi) is 34.8. The Labute approximate surface area is 299 Å². The van der Waals surface area contributed by atoms with Crippen molar-refractivity contribution in [3.05, 3.63) is 24.8 Å². The second-order valence-corrected chi connectivity index (χ2v) is 14.0. The fourth-order valence-electron chi connectivity index (χ4n) is 5.25. The van der Waals surface area contributed by atoms with Crippen molar-refractivity contribution >= 4 is 43.2 Å². The molecule has 0 fully saturated rings. The first kappa shape index (κ1) is 45.6. The Morgan fingerprint density at radius 2 is 1.04 bits per heavy atom. The van der Waals surface area contributed by atoms with Crippen LogP contribution in [0.4, 0.5) is 0 Å². The Morgan fingerprint density at radius 1 is 0.596 bits per heavy atom. The smallest absolute Gasteiger partial charge is 0.306 e. The zero-order chi connectivity index (χ0) is 34.6. The van der Waals surface area contributed by atoms with Crippen LogP contribution in [0.3, 0.4) is 0 Å². The second-order valence-electron chi connectivity index (χ2n) is 12.8. The van der Waals surface area contributed by atoms with Crippen LogP contribution in [0.25, 0.3) is 0 Å². The van der Waals surface area contributed by atoms with E-state index < -0.39 is 6.10 Å². The van der Waals surface area contributed by atoms with Crippen LogP contribution in [0.2, 0.25) is 0 Å². The maximum absolute atomic E-state index is 12.5. The molecule has 47 heavy (non-hydrogen) atoms. The largest absolute Gasteiger partial charge is 0.462 e. The Balaban J connectivity index is 4.29. The number of ether oxygens (including phenoxy) is 3. The van der Waals surface area contributed by atoms with Gasteiger partial charge in [0.2, 0.25) is 0 Å². The van der Waals surface area contributed by atoms with E-state index in [9.17, 15) is 14.4 Å². The maximum atomic E-state index is 12.5. The molecular weight excluding hydrogens is 629 g/mol. The highest BCUT2D eigenvalue weighted by atomic mass is 32.1. The molecule has 0 bridgehead atoms. The molecule has 0 saturated carbocycles. The van der Waals surface area contributed by atoms with Gasteiger partial charge in [0, 0.05) is 24.5 Å². The topological polar surface area (TPSA) is 78.9 Å². The average Bonchev–Trinajstić information content (AvgIpc) is 3.05. The maximum Gasteiger partial charge on any atom is 0.306 e. The molecule has 0 aliphatic carbocycles. The van der Waals surface area contributed by atoms with Gasteiger partial charge in [-0.05, 0) is 76.4 Å². The lowest BCUT2D eigenvalue weighted by Crippen LogP contribution is -2.30. The molecule has 6 nitrogen and oxygen atoms in total. The fraction of sp³-hybridized carbons (Fsp3) is 0.821. The van der Waals surface area contributed by atoms with E-state index in [4.69, 9.17) is 14.2 Å². The number of thiol groups is 2. The second kappa shape index (κ2) is 35.9.